The number of benzene rings is 1. The summed E-state index contributed by atoms with van der Waals surface area (Å²) in [5, 5.41) is 32.1. The molecule has 13 heteroatoms. The zero-order valence-electron chi connectivity index (χ0n) is 15.7. The maximum Gasteiger partial charge on any atom is 0.419 e. The van der Waals surface area contributed by atoms with Crippen LogP contribution in [0.2, 0.25) is 0 Å². The van der Waals surface area contributed by atoms with Crippen LogP contribution in [0.25, 0.3) is 11.2 Å². The van der Waals surface area contributed by atoms with Gasteiger partial charge in [-0.2, -0.15) is 13.2 Å². The van der Waals surface area contributed by atoms with Crippen LogP contribution in [0.3, 0.4) is 0 Å². The van der Waals surface area contributed by atoms with Gasteiger partial charge in [0.1, 0.15) is 30.5 Å². The molecule has 3 heterocycles. The van der Waals surface area contributed by atoms with E-state index in [1.807, 2.05) is 0 Å². The van der Waals surface area contributed by atoms with Gasteiger partial charge in [0.15, 0.2) is 23.2 Å². The Hall–Kier alpha value is -2.87. The molecule has 4 atom stereocenters. The van der Waals surface area contributed by atoms with Crippen LogP contribution in [0.5, 0.6) is 0 Å². The van der Waals surface area contributed by atoms with Gasteiger partial charge in [-0.05, 0) is 6.07 Å². The Morgan fingerprint density at radius 2 is 1.90 bits per heavy atom. The number of fused-ring (bicyclic) bond motifs is 1. The molecular formula is C18H17F4N5O4. The first-order chi connectivity index (χ1) is 14.7. The van der Waals surface area contributed by atoms with Crippen molar-refractivity contribution in [3.63, 3.8) is 0 Å². The first-order valence-corrected chi connectivity index (χ1v) is 9.10. The van der Waals surface area contributed by atoms with Crippen LogP contribution in [-0.2, 0) is 17.5 Å². The summed E-state index contributed by atoms with van der Waals surface area (Å²) in [5.74, 6) is -1.27. The summed E-state index contributed by atoms with van der Waals surface area (Å²) in [6, 6.07) is 2.98. The molecule has 1 saturated heterocycles. The lowest BCUT2D eigenvalue weighted by Gasteiger charge is -2.16. The molecule has 0 amide bonds. The number of aliphatic hydroxyl groups excluding tert-OH is 3. The van der Waals surface area contributed by atoms with Crippen molar-refractivity contribution < 1.29 is 37.6 Å². The van der Waals surface area contributed by atoms with Crippen LogP contribution in [0.1, 0.15) is 17.4 Å². The predicted molar refractivity (Wildman–Crippen MR) is 97.1 cm³/mol. The smallest absolute Gasteiger partial charge is 0.394 e. The van der Waals surface area contributed by atoms with E-state index in [1.165, 1.54) is 17.0 Å². The molecule has 9 nitrogen and oxygen atoms in total. The van der Waals surface area contributed by atoms with Crippen LogP contribution in [0.4, 0.5) is 23.4 Å². The molecule has 4 N–H and O–H groups in total. The van der Waals surface area contributed by atoms with Crippen LogP contribution in [0, 0.1) is 5.82 Å². The second kappa shape index (κ2) is 8.00. The van der Waals surface area contributed by atoms with Crippen molar-refractivity contribution in [1.82, 2.24) is 19.5 Å². The summed E-state index contributed by atoms with van der Waals surface area (Å²) in [5.41, 5.74) is -1.21. The normalized spacial score (nSPS) is 24.1. The highest BCUT2D eigenvalue weighted by molar-refractivity contribution is 5.82. The van der Waals surface area contributed by atoms with E-state index in [9.17, 15) is 32.9 Å². The first-order valence-electron chi connectivity index (χ1n) is 9.10. The molecule has 1 aliphatic rings. The van der Waals surface area contributed by atoms with Gasteiger partial charge >= 0.3 is 6.18 Å². The molecule has 166 valence electrons. The summed E-state index contributed by atoms with van der Waals surface area (Å²) in [6.45, 7) is -0.811. The number of ether oxygens (including phenoxy) is 1. The zero-order chi connectivity index (χ0) is 22.3. The summed E-state index contributed by atoms with van der Waals surface area (Å²) in [4.78, 5) is 12.2. The molecule has 1 aromatic carbocycles. The molecule has 0 saturated carbocycles. The first kappa shape index (κ1) is 21.4. The maximum absolute atomic E-state index is 14.2. The number of imidazole rings is 1. The van der Waals surface area contributed by atoms with Crippen molar-refractivity contribution in [3.05, 3.63) is 47.8 Å². The Morgan fingerprint density at radius 3 is 2.58 bits per heavy atom. The highest BCUT2D eigenvalue weighted by Crippen LogP contribution is 2.34. The molecule has 0 spiro atoms. The van der Waals surface area contributed by atoms with E-state index in [2.05, 4.69) is 20.3 Å². The predicted octanol–water partition coefficient (Wildman–Crippen LogP) is 1.21. The maximum atomic E-state index is 14.2. The van der Waals surface area contributed by atoms with Crippen molar-refractivity contribution in [2.75, 3.05) is 11.9 Å². The molecule has 4 rings (SSSR count). The topological polar surface area (TPSA) is 126 Å². The zero-order valence-corrected chi connectivity index (χ0v) is 15.7. The molecular weight excluding hydrogens is 426 g/mol. The number of rotatable bonds is 5. The summed E-state index contributed by atoms with van der Waals surface area (Å²) in [6.07, 6.45) is -7.17. The van der Waals surface area contributed by atoms with E-state index in [1.54, 1.807) is 0 Å². The second-order valence-electron chi connectivity index (χ2n) is 6.91. The molecule has 3 aromatic rings. The van der Waals surface area contributed by atoms with Gasteiger partial charge in [-0.1, -0.05) is 12.1 Å². The molecule has 31 heavy (non-hydrogen) atoms. The van der Waals surface area contributed by atoms with Gasteiger partial charge in [-0.25, -0.2) is 19.3 Å². The van der Waals surface area contributed by atoms with Crippen molar-refractivity contribution in [2.45, 2.75) is 37.3 Å². The van der Waals surface area contributed by atoms with Gasteiger partial charge in [0.25, 0.3) is 0 Å². The third kappa shape index (κ3) is 3.80. The van der Waals surface area contributed by atoms with E-state index < -0.39 is 48.7 Å². The SMILES string of the molecule is OC[C@H]1OC(n2cnc3c(NCc4cccc(C(F)(F)F)c4F)ncnc32)[C@H](O)[C@@H]1O. The van der Waals surface area contributed by atoms with Gasteiger partial charge in [-0.3, -0.25) is 4.57 Å². The lowest BCUT2D eigenvalue weighted by molar-refractivity contribution is -0.140. The number of nitrogens with zero attached hydrogens (tertiary/aromatic N) is 4. The van der Waals surface area contributed by atoms with Crippen molar-refractivity contribution >= 4 is 17.0 Å². The number of aliphatic hydroxyl groups is 3. The van der Waals surface area contributed by atoms with Gasteiger partial charge in [0.2, 0.25) is 0 Å². The number of aromatic nitrogens is 4. The lowest BCUT2D eigenvalue weighted by Crippen LogP contribution is -2.33. The second-order valence-corrected chi connectivity index (χ2v) is 6.91. The van der Waals surface area contributed by atoms with E-state index in [0.29, 0.717) is 6.07 Å². The van der Waals surface area contributed by atoms with E-state index >= 15 is 0 Å². The fraction of sp³-hybridized carbons (Fsp3) is 0.389. The third-order valence-corrected chi connectivity index (χ3v) is 4.98. The Kier molecular flexibility index (Phi) is 5.51. The summed E-state index contributed by atoms with van der Waals surface area (Å²) < 4.78 is 59.7. The molecule has 1 fully saturated rings. The molecule has 1 unspecified atom stereocenters. The number of halogens is 4. The fourth-order valence-corrected chi connectivity index (χ4v) is 3.39. The number of hydrogen-bond acceptors (Lipinski definition) is 8. The molecule has 0 aliphatic carbocycles. The van der Waals surface area contributed by atoms with Crippen LogP contribution in [0.15, 0.2) is 30.9 Å². The number of alkyl halides is 3. The van der Waals surface area contributed by atoms with Gasteiger partial charge in [-0.15, -0.1) is 0 Å². The number of anilines is 1. The van der Waals surface area contributed by atoms with Crippen LogP contribution in [-0.4, -0.2) is 59.8 Å². The minimum absolute atomic E-state index is 0.118. The van der Waals surface area contributed by atoms with E-state index in [0.717, 1.165) is 12.4 Å². The molecule has 2 aromatic heterocycles. The Morgan fingerprint density at radius 1 is 1.13 bits per heavy atom. The van der Waals surface area contributed by atoms with E-state index in [-0.39, 0.29) is 29.1 Å². The van der Waals surface area contributed by atoms with Crippen LogP contribution >= 0.6 is 0 Å². The van der Waals surface area contributed by atoms with E-state index in [4.69, 9.17) is 4.74 Å². The molecule has 1 aliphatic heterocycles. The standard InChI is InChI=1S/C18H17F4N5O4/c19-11-8(2-1-3-9(11)18(20,21)22)4-23-15-12-16(25-6-24-15)27(7-26-12)17-14(30)13(29)10(5-28)31-17/h1-3,6-7,10,13-14,17,28-30H,4-5H2,(H,23,24,25)/t10-,13-,14-,17?/m1/s1. The summed E-state index contributed by atoms with van der Waals surface area (Å²) in [7, 11) is 0. The quantitative estimate of drug-likeness (QED) is 0.434. The average molecular weight is 443 g/mol. The highest BCUT2D eigenvalue weighted by Gasteiger charge is 2.44. The minimum Gasteiger partial charge on any atom is -0.394 e. The van der Waals surface area contributed by atoms with Gasteiger partial charge < -0.3 is 25.4 Å². The fourth-order valence-electron chi connectivity index (χ4n) is 3.39. The van der Waals surface area contributed by atoms with Gasteiger partial charge in [0, 0.05) is 12.1 Å². The van der Waals surface area contributed by atoms with Crippen molar-refractivity contribution in [1.29, 1.82) is 0 Å². The van der Waals surface area contributed by atoms with Crippen molar-refractivity contribution in [3.8, 4) is 0 Å². The number of nitrogens with one attached hydrogen (secondary N) is 1. The summed E-state index contributed by atoms with van der Waals surface area (Å²) >= 11 is 0. The van der Waals surface area contributed by atoms with Crippen molar-refractivity contribution in [2.24, 2.45) is 0 Å². The highest BCUT2D eigenvalue weighted by atomic mass is 19.4. The Bertz CT molecular complexity index is 1090. The Labute approximate surface area is 172 Å². The molecule has 0 radical (unpaired) electrons. The Balaban J connectivity index is 1.60. The minimum atomic E-state index is -4.82. The largest absolute Gasteiger partial charge is 0.419 e. The van der Waals surface area contributed by atoms with Gasteiger partial charge in [0.05, 0.1) is 18.5 Å². The molecule has 0 bridgehead atoms. The average Bonchev–Trinajstić information content (AvgIpc) is 3.28. The third-order valence-electron chi connectivity index (χ3n) is 4.98. The number of hydrogen-bond donors (Lipinski definition) is 4. The monoisotopic (exact) mass is 443 g/mol. The van der Waals surface area contributed by atoms with Crippen LogP contribution < -0.4 is 5.32 Å². The lowest BCUT2D eigenvalue weighted by atomic mass is 10.1.